The van der Waals surface area contributed by atoms with Gasteiger partial charge in [-0.25, -0.2) is 0 Å². The van der Waals surface area contributed by atoms with Gasteiger partial charge >= 0.3 is 0 Å². The molecule has 0 aliphatic carbocycles. The number of rotatable bonds is 6. The van der Waals surface area contributed by atoms with Crippen LogP contribution in [-0.2, 0) is 0 Å². The van der Waals surface area contributed by atoms with Gasteiger partial charge in [-0.1, -0.05) is 42.4 Å². The summed E-state index contributed by atoms with van der Waals surface area (Å²) in [7, 11) is 3.99. The number of anilines is 1. The fraction of sp³-hybridized carbons (Fsp3) is 0.500. The highest BCUT2D eigenvalue weighted by molar-refractivity contribution is 7.99. The first-order valence-corrected chi connectivity index (χ1v) is 8.74. The number of thioether (sulfide) groups is 1. The number of nitrogens with zero attached hydrogens (tertiary/aromatic N) is 4. The van der Waals surface area contributed by atoms with Crippen LogP contribution in [0.15, 0.2) is 29.4 Å². The van der Waals surface area contributed by atoms with E-state index in [2.05, 4.69) is 47.7 Å². The van der Waals surface area contributed by atoms with E-state index in [-0.39, 0.29) is 0 Å². The average Bonchev–Trinajstić information content (AvgIpc) is 2.90. The predicted molar refractivity (Wildman–Crippen MR) is 95.1 cm³/mol. The molecule has 1 aromatic carbocycles. The Labute approximate surface area is 141 Å². The van der Waals surface area contributed by atoms with Crippen molar-refractivity contribution in [1.82, 2.24) is 14.8 Å². The summed E-state index contributed by atoms with van der Waals surface area (Å²) in [5, 5.41) is 10.8. The summed E-state index contributed by atoms with van der Waals surface area (Å²) in [6.45, 7) is 6.50. The summed E-state index contributed by atoms with van der Waals surface area (Å²) in [5.41, 5.74) is 1.27. The summed E-state index contributed by atoms with van der Waals surface area (Å²) in [6, 6.07) is 8.38. The first-order chi connectivity index (χ1) is 10.4. The van der Waals surface area contributed by atoms with Crippen molar-refractivity contribution in [2.45, 2.75) is 43.6 Å². The Morgan fingerprint density at radius 2 is 1.82 bits per heavy atom. The van der Waals surface area contributed by atoms with E-state index in [1.165, 1.54) is 5.56 Å². The second kappa shape index (κ2) is 7.38. The molecular formula is C16H23ClN4S. The fourth-order valence-electron chi connectivity index (χ4n) is 2.30. The Balaban J connectivity index is 2.30. The molecule has 0 bridgehead atoms. The van der Waals surface area contributed by atoms with Gasteiger partial charge in [0, 0.05) is 30.4 Å². The highest BCUT2D eigenvalue weighted by atomic mass is 35.5. The summed E-state index contributed by atoms with van der Waals surface area (Å²) in [5.74, 6) is 0.892. The van der Waals surface area contributed by atoms with Crippen molar-refractivity contribution in [3.63, 3.8) is 0 Å². The van der Waals surface area contributed by atoms with Gasteiger partial charge in [0.05, 0.1) is 0 Å². The molecule has 0 radical (unpaired) electrons. The van der Waals surface area contributed by atoms with Gasteiger partial charge in [0.25, 0.3) is 0 Å². The zero-order valence-corrected chi connectivity index (χ0v) is 15.3. The molecule has 0 aliphatic rings. The van der Waals surface area contributed by atoms with Crippen LogP contribution in [0.5, 0.6) is 0 Å². The van der Waals surface area contributed by atoms with Gasteiger partial charge in [-0.15, -0.1) is 10.2 Å². The Hall–Kier alpha value is -1.20. The maximum Gasteiger partial charge on any atom is 0.227 e. The molecule has 22 heavy (non-hydrogen) atoms. The molecule has 0 saturated carbocycles. The molecule has 0 N–H and O–H groups in total. The van der Waals surface area contributed by atoms with E-state index in [1.54, 1.807) is 11.8 Å². The van der Waals surface area contributed by atoms with E-state index < -0.39 is 0 Å². The van der Waals surface area contributed by atoms with Gasteiger partial charge < -0.3 is 4.90 Å². The fourth-order valence-corrected chi connectivity index (χ4v) is 3.63. The first-order valence-electron chi connectivity index (χ1n) is 7.48. The van der Waals surface area contributed by atoms with Crippen LogP contribution in [-0.4, -0.2) is 28.9 Å². The summed E-state index contributed by atoms with van der Waals surface area (Å²) in [4.78, 5) is 2.00. The van der Waals surface area contributed by atoms with Crippen molar-refractivity contribution >= 4 is 29.3 Å². The second-order valence-electron chi connectivity index (χ2n) is 5.71. The SMILES string of the molecule is CCC(Sc1nnc(N(C)C)n1C(C)C)c1ccc(Cl)cc1. The molecule has 6 heteroatoms. The van der Waals surface area contributed by atoms with Crippen molar-refractivity contribution in [1.29, 1.82) is 0 Å². The zero-order chi connectivity index (χ0) is 16.3. The Morgan fingerprint density at radius 3 is 2.32 bits per heavy atom. The van der Waals surface area contributed by atoms with Crippen molar-refractivity contribution in [2.75, 3.05) is 19.0 Å². The van der Waals surface area contributed by atoms with E-state index in [1.807, 2.05) is 31.1 Å². The molecule has 0 fully saturated rings. The molecule has 1 aromatic heterocycles. The third kappa shape index (κ3) is 3.76. The van der Waals surface area contributed by atoms with Gasteiger partial charge in [0.15, 0.2) is 5.16 Å². The first kappa shape index (κ1) is 17.2. The normalized spacial score (nSPS) is 12.7. The molecule has 4 nitrogen and oxygen atoms in total. The van der Waals surface area contributed by atoms with Gasteiger partial charge in [0.1, 0.15) is 0 Å². The Bertz CT molecular complexity index is 607. The van der Waals surface area contributed by atoms with Crippen LogP contribution >= 0.6 is 23.4 Å². The van der Waals surface area contributed by atoms with Crippen molar-refractivity contribution in [2.24, 2.45) is 0 Å². The maximum atomic E-state index is 5.99. The Kier molecular flexibility index (Phi) is 5.75. The van der Waals surface area contributed by atoms with Crippen LogP contribution < -0.4 is 4.90 Å². The minimum Gasteiger partial charge on any atom is -0.347 e. The van der Waals surface area contributed by atoms with Crippen molar-refractivity contribution in [3.05, 3.63) is 34.9 Å². The molecule has 1 atom stereocenters. The van der Waals surface area contributed by atoms with E-state index >= 15 is 0 Å². The van der Waals surface area contributed by atoms with E-state index in [9.17, 15) is 0 Å². The molecule has 1 heterocycles. The molecule has 0 saturated heterocycles. The molecule has 0 aliphatic heterocycles. The molecule has 0 spiro atoms. The van der Waals surface area contributed by atoms with Crippen molar-refractivity contribution in [3.8, 4) is 0 Å². The predicted octanol–water partition coefficient (Wildman–Crippen LogP) is 4.82. The van der Waals surface area contributed by atoms with Gasteiger partial charge in [-0.05, 0) is 38.0 Å². The lowest BCUT2D eigenvalue weighted by atomic mass is 10.1. The van der Waals surface area contributed by atoms with Crippen LogP contribution in [0.4, 0.5) is 5.95 Å². The van der Waals surface area contributed by atoms with E-state index in [0.717, 1.165) is 22.5 Å². The smallest absolute Gasteiger partial charge is 0.227 e. The van der Waals surface area contributed by atoms with E-state index in [0.29, 0.717) is 11.3 Å². The minimum atomic E-state index is 0.317. The number of benzene rings is 1. The third-order valence-electron chi connectivity index (χ3n) is 3.42. The largest absolute Gasteiger partial charge is 0.347 e. The topological polar surface area (TPSA) is 34.0 Å². The van der Waals surface area contributed by atoms with Crippen LogP contribution in [0, 0.1) is 0 Å². The lowest BCUT2D eigenvalue weighted by Crippen LogP contribution is -2.17. The maximum absolute atomic E-state index is 5.99. The standard InChI is InChI=1S/C16H23ClN4S/c1-6-14(12-7-9-13(17)10-8-12)22-16-19-18-15(20(4)5)21(16)11(2)3/h7-11,14H,6H2,1-5H3. The minimum absolute atomic E-state index is 0.317. The third-order valence-corrected chi connectivity index (χ3v) is 5.05. The van der Waals surface area contributed by atoms with Gasteiger partial charge in [-0.2, -0.15) is 0 Å². The lowest BCUT2D eigenvalue weighted by Gasteiger charge is -2.20. The second-order valence-corrected chi connectivity index (χ2v) is 7.31. The highest BCUT2D eigenvalue weighted by Gasteiger charge is 2.20. The number of hydrogen-bond acceptors (Lipinski definition) is 4. The lowest BCUT2D eigenvalue weighted by molar-refractivity contribution is 0.548. The Morgan fingerprint density at radius 1 is 1.18 bits per heavy atom. The van der Waals surface area contributed by atoms with E-state index in [4.69, 9.17) is 11.6 Å². The summed E-state index contributed by atoms with van der Waals surface area (Å²) < 4.78 is 2.18. The number of halogens is 1. The number of aromatic nitrogens is 3. The molecule has 2 rings (SSSR count). The van der Waals surface area contributed by atoms with Crippen molar-refractivity contribution < 1.29 is 0 Å². The summed E-state index contributed by atoms with van der Waals surface area (Å²) >= 11 is 7.75. The molecular weight excluding hydrogens is 316 g/mol. The quantitative estimate of drug-likeness (QED) is 0.707. The monoisotopic (exact) mass is 338 g/mol. The zero-order valence-electron chi connectivity index (χ0n) is 13.7. The molecule has 0 amide bonds. The summed E-state index contributed by atoms with van der Waals surface area (Å²) in [6.07, 6.45) is 1.02. The van der Waals surface area contributed by atoms with Crippen LogP contribution in [0.25, 0.3) is 0 Å². The average molecular weight is 339 g/mol. The van der Waals surface area contributed by atoms with Gasteiger partial charge in [0.2, 0.25) is 5.95 Å². The van der Waals surface area contributed by atoms with Crippen LogP contribution in [0.3, 0.4) is 0 Å². The molecule has 2 aromatic rings. The van der Waals surface area contributed by atoms with Crippen LogP contribution in [0.2, 0.25) is 5.02 Å². The van der Waals surface area contributed by atoms with Gasteiger partial charge in [-0.3, -0.25) is 4.57 Å². The highest BCUT2D eigenvalue weighted by Crippen LogP contribution is 2.39. The van der Waals surface area contributed by atoms with Crippen LogP contribution in [0.1, 0.15) is 44.0 Å². The molecule has 1 unspecified atom stereocenters. The number of hydrogen-bond donors (Lipinski definition) is 0. The molecule has 120 valence electrons.